The topological polar surface area (TPSA) is 67.7 Å². The van der Waals surface area contributed by atoms with Gasteiger partial charge >= 0.3 is 0 Å². The van der Waals surface area contributed by atoms with Gasteiger partial charge in [-0.25, -0.2) is 13.8 Å². The molecule has 116 valence electrons. The molecule has 0 atom stereocenters. The van der Waals surface area contributed by atoms with E-state index in [2.05, 4.69) is 4.98 Å². The summed E-state index contributed by atoms with van der Waals surface area (Å²) in [5.74, 6) is -0.831. The van der Waals surface area contributed by atoms with E-state index in [1.165, 1.54) is 12.1 Å². The number of imidazole rings is 1. The van der Waals surface area contributed by atoms with Crippen molar-refractivity contribution in [2.24, 2.45) is 5.73 Å². The van der Waals surface area contributed by atoms with Crippen molar-refractivity contribution in [1.82, 2.24) is 9.55 Å². The monoisotopic (exact) mass is 312 g/mol. The largest absolute Gasteiger partial charge is 0.384 e. The van der Waals surface area contributed by atoms with Crippen LogP contribution in [0.1, 0.15) is 11.1 Å². The molecule has 0 radical (unpaired) electrons. The first-order valence-corrected chi connectivity index (χ1v) is 6.94. The number of amidine groups is 1. The van der Waals surface area contributed by atoms with Gasteiger partial charge in [0.1, 0.15) is 23.3 Å². The van der Waals surface area contributed by atoms with Gasteiger partial charge in [0.05, 0.1) is 0 Å². The number of halogens is 2. The maximum absolute atomic E-state index is 13.4. The summed E-state index contributed by atoms with van der Waals surface area (Å²) in [6.07, 6.45) is 3.31. The molecule has 3 N–H and O–H groups in total. The van der Waals surface area contributed by atoms with Crippen molar-refractivity contribution in [3.63, 3.8) is 0 Å². The molecule has 0 amide bonds. The molecular formula is C17H14F2N4. The van der Waals surface area contributed by atoms with Gasteiger partial charge in [-0.15, -0.1) is 0 Å². The fraction of sp³-hybridized carbons (Fsp3) is 0.0588. The zero-order chi connectivity index (χ0) is 16.4. The highest BCUT2D eigenvalue weighted by Gasteiger charge is 2.10. The molecule has 0 spiro atoms. The Hall–Kier alpha value is -3.02. The van der Waals surface area contributed by atoms with Crippen LogP contribution in [-0.4, -0.2) is 15.4 Å². The summed E-state index contributed by atoms with van der Waals surface area (Å²) in [4.78, 5) is 4.19. The van der Waals surface area contributed by atoms with Crippen LogP contribution in [-0.2, 0) is 6.54 Å². The van der Waals surface area contributed by atoms with Crippen LogP contribution in [0.25, 0.3) is 11.4 Å². The van der Waals surface area contributed by atoms with Gasteiger partial charge < -0.3 is 10.3 Å². The van der Waals surface area contributed by atoms with E-state index in [1.807, 2.05) is 12.1 Å². The first kappa shape index (κ1) is 14.9. The Bertz CT molecular complexity index is 850. The zero-order valence-corrected chi connectivity index (χ0v) is 12.1. The predicted molar refractivity (Wildman–Crippen MR) is 84.1 cm³/mol. The Morgan fingerprint density at radius 1 is 1.13 bits per heavy atom. The molecule has 0 aliphatic carbocycles. The number of benzene rings is 2. The van der Waals surface area contributed by atoms with Crippen LogP contribution in [0.4, 0.5) is 8.78 Å². The Morgan fingerprint density at radius 3 is 2.57 bits per heavy atom. The van der Waals surface area contributed by atoms with Gasteiger partial charge in [0, 0.05) is 36.1 Å². The Balaban J connectivity index is 1.95. The highest BCUT2D eigenvalue weighted by atomic mass is 19.1. The smallest absolute Gasteiger partial charge is 0.140 e. The molecule has 0 aliphatic rings. The summed E-state index contributed by atoms with van der Waals surface area (Å²) in [5.41, 5.74) is 7.40. The summed E-state index contributed by atoms with van der Waals surface area (Å²) < 4.78 is 28.6. The molecule has 1 heterocycles. The fourth-order valence-corrected chi connectivity index (χ4v) is 2.41. The van der Waals surface area contributed by atoms with E-state index in [0.717, 1.165) is 11.6 Å². The molecule has 0 saturated heterocycles. The average molecular weight is 312 g/mol. The third-order valence-electron chi connectivity index (χ3n) is 3.43. The van der Waals surface area contributed by atoms with E-state index < -0.39 is 11.6 Å². The molecule has 3 rings (SSSR count). The van der Waals surface area contributed by atoms with Gasteiger partial charge in [-0.2, -0.15) is 0 Å². The van der Waals surface area contributed by atoms with E-state index in [-0.39, 0.29) is 5.84 Å². The van der Waals surface area contributed by atoms with E-state index in [1.54, 1.807) is 29.1 Å². The molecule has 3 aromatic rings. The van der Waals surface area contributed by atoms with Gasteiger partial charge in [-0.1, -0.05) is 18.2 Å². The Morgan fingerprint density at radius 2 is 1.87 bits per heavy atom. The Kier molecular flexibility index (Phi) is 3.89. The Labute approximate surface area is 131 Å². The van der Waals surface area contributed by atoms with Gasteiger partial charge in [-0.05, 0) is 23.8 Å². The zero-order valence-electron chi connectivity index (χ0n) is 12.1. The lowest BCUT2D eigenvalue weighted by molar-refractivity contribution is 0.583. The van der Waals surface area contributed by atoms with Crippen molar-refractivity contribution in [3.8, 4) is 11.4 Å². The third kappa shape index (κ3) is 3.26. The van der Waals surface area contributed by atoms with E-state index in [4.69, 9.17) is 11.1 Å². The molecule has 0 bridgehead atoms. The number of hydrogen-bond acceptors (Lipinski definition) is 2. The number of aromatic nitrogens is 2. The van der Waals surface area contributed by atoms with Crippen molar-refractivity contribution in [2.75, 3.05) is 0 Å². The van der Waals surface area contributed by atoms with Crippen LogP contribution in [0.5, 0.6) is 0 Å². The first-order chi connectivity index (χ1) is 11.0. The van der Waals surface area contributed by atoms with Crippen LogP contribution in [0, 0.1) is 17.0 Å². The maximum Gasteiger partial charge on any atom is 0.140 e. The third-order valence-corrected chi connectivity index (χ3v) is 3.43. The molecular weight excluding hydrogens is 298 g/mol. The highest BCUT2D eigenvalue weighted by Crippen LogP contribution is 2.21. The van der Waals surface area contributed by atoms with Gasteiger partial charge in [0.15, 0.2) is 0 Å². The molecule has 1 aromatic heterocycles. The summed E-state index contributed by atoms with van der Waals surface area (Å²) >= 11 is 0. The second-order valence-corrected chi connectivity index (χ2v) is 5.15. The summed E-state index contributed by atoms with van der Waals surface area (Å²) in [6.45, 7) is 0.453. The van der Waals surface area contributed by atoms with Crippen molar-refractivity contribution in [3.05, 3.63) is 77.6 Å². The standard InChI is InChI=1S/C17H14F2N4/c18-14-7-13(8-15(19)9-14)17-22-4-5-23(17)10-11-2-1-3-12(6-11)16(20)21/h1-9H,10H2,(H3,20,21). The number of hydrogen-bond donors (Lipinski definition) is 2. The second kappa shape index (κ2) is 6.00. The fourth-order valence-electron chi connectivity index (χ4n) is 2.41. The summed E-state index contributed by atoms with van der Waals surface area (Å²) in [6, 6.07) is 10.6. The lowest BCUT2D eigenvalue weighted by Crippen LogP contribution is -2.11. The number of nitrogens with two attached hydrogens (primary N) is 1. The van der Waals surface area contributed by atoms with Crippen molar-refractivity contribution in [2.45, 2.75) is 6.54 Å². The van der Waals surface area contributed by atoms with E-state index >= 15 is 0 Å². The minimum absolute atomic E-state index is 0.00935. The molecule has 23 heavy (non-hydrogen) atoms. The van der Waals surface area contributed by atoms with E-state index in [0.29, 0.717) is 23.5 Å². The molecule has 4 nitrogen and oxygen atoms in total. The van der Waals surface area contributed by atoms with Crippen molar-refractivity contribution >= 4 is 5.84 Å². The van der Waals surface area contributed by atoms with E-state index in [9.17, 15) is 8.78 Å². The molecule has 6 heteroatoms. The first-order valence-electron chi connectivity index (χ1n) is 6.94. The van der Waals surface area contributed by atoms with Gasteiger partial charge in [0.25, 0.3) is 0 Å². The SMILES string of the molecule is N=C(N)c1cccc(Cn2ccnc2-c2cc(F)cc(F)c2)c1. The number of rotatable bonds is 4. The average Bonchev–Trinajstić information content (AvgIpc) is 2.94. The highest BCUT2D eigenvalue weighted by molar-refractivity contribution is 5.95. The van der Waals surface area contributed by atoms with Crippen LogP contribution in [0.2, 0.25) is 0 Å². The molecule has 0 aliphatic heterocycles. The predicted octanol–water partition coefficient (Wildman–Crippen LogP) is 3.16. The minimum atomic E-state index is -0.645. The molecule has 0 unspecified atom stereocenters. The number of nitrogens with one attached hydrogen (secondary N) is 1. The maximum atomic E-state index is 13.4. The van der Waals surface area contributed by atoms with Crippen LogP contribution in [0.15, 0.2) is 54.9 Å². The number of nitrogens with zero attached hydrogens (tertiary/aromatic N) is 2. The molecule has 0 saturated carbocycles. The second-order valence-electron chi connectivity index (χ2n) is 5.15. The lowest BCUT2D eigenvalue weighted by atomic mass is 10.1. The number of nitrogen functional groups attached to an aromatic ring is 1. The van der Waals surface area contributed by atoms with Crippen LogP contribution >= 0.6 is 0 Å². The summed E-state index contributed by atoms with van der Waals surface area (Å²) in [7, 11) is 0. The quantitative estimate of drug-likeness (QED) is 0.574. The lowest BCUT2D eigenvalue weighted by Gasteiger charge is -2.09. The van der Waals surface area contributed by atoms with Crippen molar-refractivity contribution < 1.29 is 8.78 Å². The van der Waals surface area contributed by atoms with Crippen molar-refractivity contribution in [1.29, 1.82) is 5.41 Å². The molecule has 2 aromatic carbocycles. The van der Waals surface area contributed by atoms with Gasteiger partial charge in [0.2, 0.25) is 0 Å². The minimum Gasteiger partial charge on any atom is -0.384 e. The molecule has 0 fully saturated rings. The van der Waals surface area contributed by atoms with Crippen LogP contribution < -0.4 is 5.73 Å². The van der Waals surface area contributed by atoms with Crippen LogP contribution in [0.3, 0.4) is 0 Å². The normalized spacial score (nSPS) is 10.7. The summed E-state index contributed by atoms with van der Waals surface area (Å²) in [5, 5.41) is 7.48. The van der Waals surface area contributed by atoms with Gasteiger partial charge in [-0.3, -0.25) is 5.41 Å².